The van der Waals surface area contributed by atoms with Crippen molar-refractivity contribution in [1.29, 1.82) is 0 Å². The van der Waals surface area contributed by atoms with Gasteiger partial charge in [-0.3, -0.25) is 9.59 Å². The zero-order chi connectivity index (χ0) is 35.1. The molecule has 46 heavy (non-hydrogen) atoms. The van der Waals surface area contributed by atoms with Gasteiger partial charge in [-0.25, -0.2) is 4.39 Å². The van der Waals surface area contributed by atoms with Crippen LogP contribution < -0.4 is 15.2 Å². The molecule has 1 saturated heterocycles. The number of ketones is 2. The molecule has 7 rings (SSSR count). The van der Waals surface area contributed by atoms with Gasteiger partial charge in [0.05, 0.1) is 28.9 Å². The van der Waals surface area contributed by atoms with E-state index in [1.165, 1.54) is 12.1 Å². The number of ether oxygens (including phenoxy) is 4. The fourth-order valence-corrected chi connectivity index (χ4v) is 9.63. The van der Waals surface area contributed by atoms with Gasteiger partial charge in [0.2, 0.25) is 0 Å². The summed E-state index contributed by atoms with van der Waals surface area (Å²) in [5.74, 6) is -2.87. The minimum absolute atomic E-state index is 0.0534. The Balaban J connectivity index is 1.25. The number of hydrogen-bond donors (Lipinski definition) is 3. The van der Waals surface area contributed by atoms with Crippen LogP contribution in [0.1, 0.15) is 61.1 Å². The lowest BCUT2D eigenvalue weighted by Crippen LogP contribution is -2.63. The lowest BCUT2D eigenvalue weighted by Gasteiger charge is -2.59. The summed E-state index contributed by atoms with van der Waals surface area (Å²) >= 11 is 0. The predicted octanol–water partition coefficient (Wildman–Crippen LogP) is 4.60. The minimum atomic E-state index is -2.96. The smallest absolute Gasteiger partial charge is 0.193 e. The molecule has 5 aliphatic rings. The van der Waals surface area contributed by atoms with Gasteiger partial charge in [0, 0.05) is 22.4 Å². The van der Waals surface area contributed by atoms with Crippen molar-refractivity contribution in [2.24, 2.45) is 28.6 Å². The van der Waals surface area contributed by atoms with Gasteiger partial charge in [-0.1, -0.05) is 37.6 Å². The van der Waals surface area contributed by atoms with Crippen LogP contribution in [0.15, 0.2) is 60.2 Å². The van der Waals surface area contributed by atoms with Gasteiger partial charge in [-0.15, -0.1) is 0 Å². The van der Waals surface area contributed by atoms with Crippen molar-refractivity contribution in [2.45, 2.75) is 70.2 Å². The molecule has 0 amide bonds. The highest BCUT2D eigenvalue weighted by Gasteiger charge is 2.76. The molecule has 2 aromatic carbocycles. The van der Waals surface area contributed by atoms with Crippen LogP contribution >= 0.6 is 0 Å². The topological polar surface area (TPSA) is 138 Å². The number of Topliss-reactive ketones (excluding diaryl/α,β-unsaturated/α-hetero) is 1. The number of fused-ring (bicyclic) bond motifs is 7. The van der Waals surface area contributed by atoms with E-state index in [1.54, 1.807) is 36.4 Å². The molecule has 3 saturated carbocycles. The van der Waals surface area contributed by atoms with Gasteiger partial charge in [-0.05, 0) is 79.5 Å². The summed E-state index contributed by atoms with van der Waals surface area (Å²) < 4.78 is 63.5. The summed E-state index contributed by atoms with van der Waals surface area (Å²) in [5, 5.41) is 22.2. The zero-order valence-electron chi connectivity index (χ0n) is 28.7. The quantitative estimate of drug-likeness (QED) is 0.373. The Morgan fingerprint density at radius 2 is 2.04 bits per heavy atom. The van der Waals surface area contributed by atoms with Crippen LogP contribution in [0.5, 0.6) is 11.5 Å². The fraction of sp³-hybridized carbons (Fsp3) is 0.500. The first-order chi connectivity index (χ1) is 23.1. The Morgan fingerprint density at radius 1 is 1.24 bits per heavy atom. The number of benzene rings is 2. The van der Waals surface area contributed by atoms with Crippen LogP contribution in [0.4, 0.5) is 10.1 Å². The third-order valence-electron chi connectivity index (χ3n) is 11.6. The number of rotatable bonds is 7. The molecule has 4 fully saturated rings. The highest BCUT2D eigenvalue weighted by Crippen LogP contribution is 2.70. The molecular formula is C36H40FNO8. The normalized spacial score (nSPS) is 38.8. The summed E-state index contributed by atoms with van der Waals surface area (Å²) in [7, 11) is -2.96. The third kappa shape index (κ3) is 4.33. The van der Waals surface area contributed by atoms with E-state index in [2.05, 4.69) is 0 Å². The number of carbonyl (C=O) groups excluding carboxylic acids is 2. The highest BCUT2D eigenvalue weighted by molar-refractivity contribution is 6.01. The summed E-state index contributed by atoms with van der Waals surface area (Å²) in [4.78, 5) is 26.2. The van der Waals surface area contributed by atoms with Gasteiger partial charge in [-0.2, -0.15) is 0 Å². The molecular weight excluding hydrogens is 593 g/mol. The summed E-state index contributed by atoms with van der Waals surface area (Å²) in [6.07, 6.45) is 3.37. The zero-order valence-corrected chi connectivity index (χ0v) is 25.7. The highest BCUT2D eigenvalue weighted by atomic mass is 19.1. The Morgan fingerprint density at radius 3 is 2.80 bits per heavy atom. The predicted molar refractivity (Wildman–Crippen MR) is 165 cm³/mol. The molecule has 1 aliphatic heterocycles. The van der Waals surface area contributed by atoms with Crippen molar-refractivity contribution in [1.82, 2.24) is 0 Å². The monoisotopic (exact) mass is 636 g/mol. The number of aliphatic hydroxyl groups excluding tert-OH is 2. The Bertz CT molecular complexity index is 1760. The van der Waals surface area contributed by atoms with Crippen molar-refractivity contribution < 1.29 is 47.3 Å². The van der Waals surface area contributed by atoms with Crippen LogP contribution in [0.25, 0.3) is 0 Å². The van der Waals surface area contributed by atoms with E-state index in [0.717, 1.165) is 5.57 Å². The number of methoxy groups -OCH3 is 1. The second-order valence-electron chi connectivity index (χ2n) is 13.8. The number of halogens is 1. The van der Waals surface area contributed by atoms with Crippen LogP contribution in [0.3, 0.4) is 0 Å². The number of carbonyl (C=O) groups is 2. The number of anilines is 1. The maximum Gasteiger partial charge on any atom is 0.193 e. The fourth-order valence-electron chi connectivity index (χ4n) is 9.63. The lowest BCUT2D eigenvalue weighted by atomic mass is 9.46. The molecule has 0 radical (unpaired) electrons. The molecule has 0 bridgehead atoms. The summed E-state index contributed by atoms with van der Waals surface area (Å²) in [5.41, 5.74) is 4.22. The van der Waals surface area contributed by atoms with Crippen molar-refractivity contribution in [3.63, 3.8) is 0 Å². The largest absolute Gasteiger partial charge is 0.496 e. The van der Waals surface area contributed by atoms with Crippen LogP contribution in [-0.4, -0.2) is 53.2 Å². The molecule has 10 heteroatoms. The minimum Gasteiger partial charge on any atom is -0.496 e. The van der Waals surface area contributed by atoms with Crippen molar-refractivity contribution in [2.75, 3.05) is 19.4 Å². The molecule has 0 unspecified atom stereocenters. The Kier molecular flexibility index (Phi) is 6.59. The Hall–Kier alpha value is -3.57. The molecule has 244 valence electrons. The number of nitrogens with two attached hydrogens (primary N) is 1. The number of allylic oxidation sites excluding steroid dienone is 4. The van der Waals surface area contributed by atoms with Crippen LogP contribution in [-0.2, 0) is 25.7 Å². The molecule has 0 spiro atoms. The summed E-state index contributed by atoms with van der Waals surface area (Å²) in [6.45, 7) is 2.95. The third-order valence-corrected chi connectivity index (χ3v) is 11.6. The van der Waals surface area contributed by atoms with Gasteiger partial charge in [0.1, 0.15) is 19.0 Å². The number of aliphatic hydroxyl groups is 2. The molecule has 0 aromatic heterocycles. The van der Waals surface area contributed by atoms with Gasteiger partial charge >= 0.3 is 0 Å². The summed E-state index contributed by atoms with van der Waals surface area (Å²) in [6, 6.07) is 9.35. The average molecular weight is 637 g/mol. The molecule has 1 heterocycles. The molecule has 4 aliphatic carbocycles. The van der Waals surface area contributed by atoms with E-state index in [1.807, 2.05) is 19.9 Å². The maximum absolute atomic E-state index is 16.5. The molecule has 2 aromatic rings. The van der Waals surface area contributed by atoms with Crippen LogP contribution in [0.2, 0.25) is 0 Å². The van der Waals surface area contributed by atoms with Crippen molar-refractivity contribution >= 4 is 17.3 Å². The second-order valence-corrected chi connectivity index (χ2v) is 13.8. The first-order valence-corrected chi connectivity index (χ1v) is 15.7. The van der Waals surface area contributed by atoms with Gasteiger partial charge in [0.15, 0.2) is 35.0 Å². The van der Waals surface area contributed by atoms with E-state index in [-0.39, 0.29) is 48.1 Å². The second kappa shape index (κ2) is 11.0. The van der Waals surface area contributed by atoms with E-state index in [9.17, 15) is 19.8 Å². The maximum atomic E-state index is 16.5. The SMILES string of the molecule is [2H]C([2H])([2H])Oc1ccc(OCc2cccc(N)c2)c(F)c1[C@H]1O[C@@H]2C[C@H]3[C@@H]4CCC5=CC(=O)C=C[C@]5(C)[C@H]4[C@@H](O)C[C@]3(C)[C@]2(C(=O)CO)O1. The number of nitrogen functional groups attached to an aromatic ring is 1. The van der Waals surface area contributed by atoms with E-state index in [0.29, 0.717) is 30.5 Å². The van der Waals surface area contributed by atoms with E-state index >= 15 is 4.39 Å². The van der Waals surface area contributed by atoms with Gasteiger partial charge in [0.25, 0.3) is 0 Å². The molecule has 4 N–H and O–H groups in total. The van der Waals surface area contributed by atoms with Gasteiger partial charge < -0.3 is 34.9 Å². The number of hydrogen-bond acceptors (Lipinski definition) is 9. The molecule has 9 nitrogen and oxygen atoms in total. The van der Waals surface area contributed by atoms with Crippen molar-refractivity contribution in [3.8, 4) is 11.5 Å². The first kappa shape index (κ1) is 27.5. The lowest BCUT2D eigenvalue weighted by molar-refractivity contribution is -0.201. The van der Waals surface area contributed by atoms with Crippen molar-refractivity contribution in [3.05, 3.63) is 77.1 Å². The average Bonchev–Trinajstić information content (AvgIpc) is 3.52. The molecule has 9 atom stereocenters. The van der Waals surface area contributed by atoms with Crippen LogP contribution in [0, 0.1) is 34.4 Å². The van der Waals surface area contributed by atoms with E-state index < -0.39 is 65.7 Å². The Labute approximate surface area is 271 Å². The first-order valence-electron chi connectivity index (χ1n) is 17.2. The standard InChI is InChI=1S/C36H40FNO8/c1-34-12-11-22(40)14-20(34)7-8-23-24-15-29-36(28(42)17-39,35(24,2)16-25(41)31(23)34)46-33(45-29)30-26(43-3)9-10-27(32(30)37)44-18-19-5-4-6-21(38)13-19/h4-6,9-14,23-25,29,31,33,39,41H,7-8,15-18,38H2,1-3H3/t23-,24-,25-,29+,31+,33-,34-,35-,36+/m0/s1/i3D3. The van der Waals surface area contributed by atoms with E-state index in [4.69, 9.17) is 28.8 Å².